The number of hydrogen-bond acceptors (Lipinski definition) is 5. The van der Waals surface area contributed by atoms with Gasteiger partial charge in [-0.05, 0) is 55.5 Å². The van der Waals surface area contributed by atoms with E-state index in [9.17, 15) is 4.79 Å². The van der Waals surface area contributed by atoms with Gasteiger partial charge in [0.15, 0.2) is 6.61 Å². The number of nitrogens with zero attached hydrogens (tertiary/aromatic N) is 3. The summed E-state index contributed by atoms with van der Waals surface area (Å²) in [5.74, 6) is 0.953. The van der Waals surface area contributed by atoms with E-state index in [2.05, 4.69) is 30.7 Å². The van der Waals surface area contributed by atoms with Crippen LogP contribution in [0.1, 0.15) is 32.3 Å². The van der Waals surface area contributed by atoms with Gasteiger partial charge in [0.2, 0.25) is 0 Å². The Balaban J connectivity index is 1.74. The monoisotopic (exact) mass is 441 g/mol. The smallest absolute Gasteiger partial charge is 0.255 e. The van der Waals surface area contributed by atoms with Crippen molar-refractivity contribution >= 4 is 5.91 Å². The number of amides is 1. The average molecular weight is 442 g/mol. The summed E-state index contributed by atoms with van der Waals surface area (Å²) in [6.45, 7) is 8.21. The molecule has 1 amide bonds. The number of carbonyl (C=O) groups is 1. The van der Waals surface area contributed by atoms with Crippen LogP contribution in [0.2, 0.25) is 0 Å². The Kier molecular flexibility index (Phi) is 5.96. The van der Waals surface area contributed by atoms with E-state index in [1.807, 2.05) is 49.4 Å². The van der Waals surface area contributed by atoms with Gasteiger partial charge in [0.1, 0.15) is 11.6 Å². The van der Waals surface area contributed by atoms with E-state index in [0.717, 1.165) is 45.4 Å². The lowest BCUT2D eigenvalue weighted by Gasteiger charge is -2.14. The Hall–Kier alpha value is -4.00. The summed E-state index contributed by atoms with van der Waals surface area (Å²) in [4.78, 5) is 28.6. The van der Waals surface area contributed by atoms with Crippen LogP contribution in [0.3, 0.4) is 0 Å². The number of hydrogen-bond donors (Lipinski definition) is 2. The highest BCUT2D eigenvalue weighted by Crippen LogP contribution is 2.34. The first kappa shape index (κ1) is 22.2. The molecule has 3 N–H and O–H groups in total. The number of pyridine rings is 2. The summed E-state index contributed by atoms with van der Waals surface area (Å²) in [5, 5.41) is 0. The highest BCUT2D eigenvalue weighted by molar-refractivity contribution is 5.79. The molecule has 0 unspecified atom stereocenters. The summed E-state index contributed by atoms with van der Waals surface area (Å²) < 4.78 is 5.34. The lowest BCUT2D eigenvalue weighted by molar-refractivity contribution is -0.119. The largest absolute Gasteiger partial charge is 0.484 e. The molecule has 0 radical (unpaired) electrons. The van der Waals surface area contributed by atoms with Crippen molar-refractivity contribution in [2.75, 3.05) is 6.61 Å². The van der Waals surface area contributed by atoms with Crippen LogP contribution in [0.5, 0.6) is 5.75 Å². The number of ether oxygens (including phenoxy) is 1. The molecule has 0 aliphatic heterocycles. The lowest BCUT2D eigenvalue weighted by atomic mass is 9.96. The van der Waals surface area contributed by atoms with E-state index >= 15 is 0 Å². The first-order valence-electron chi connectivity index (χ1n) is 10.7. The summed E-state index contributed by atoms with van der Waals surface area (Å²) in [7, 11) is 0. The van der Waals surface area contributed by atoms with Crippen molar-refractivity contribution in [3.63, 3.8) is 0 Å². The van der Waals surface area contributed by atoms with E-state index in [0.29, 0.717) is 5.75 Å². The third-order valence-corrected chi connectivity index (χ3v) is 5.12. The van der Waals surface area contributed by atoms with Crippen molar-refractivity contribution in [2.24, 2.45) is 5.73 Å². The molecule has 7 nitrogen and oxygen atoms in total. The molecule has 4 aromatic rings. The van der Waals surface area contributed by atoms with Gasteiger partial charge in [-0.3, -0.25) is 14.8 Å². The normalized spacial score (nSPS) is 11.4. The maximum absolute atomic E-state index is 10.9. The van der Waals surface area contributed by atoms with Gasteiger partial charge in [0, 0.05) is 28.4 Å². The fraction of sp³-hybridized carbons (Fsp3) is 0.231. The Morgan fingerprint density at radius 3 is 2.42 bits per heavy atom. The standard InChI is InChI=1S/C26H27N5O2/c1-16-6-5-7-20(29-16)24-23(30-25(31-24)26(2,3)4)18-12-13-28-21(14-18)17-8-10-19(11-9-17)33-15-22(27)32/h5-14H,15H2,1-4H3,(H2,27,32)(H,30,31). The van der Waals surface area contributed by atoms with Gasteiger partial charge in [-0.1, -0.05) is 26.8 Å². The van der Waals surface area contributed by atoms with Crippen LogP contribution < -0.4 is 10.5 Å². The Bertz CT molecular complexity index is 1290. The summed E-state index contributed by atoms with van der Waals surface area (Å²) >= 11 is 0. The fourth-order valence-corrected chi connectivity index (χ4v) is 3.42. The number of benzene rings is 1. The molecule has 0 fully saturated rings. The minimum atomic E-state index is -0.513. The molecule has 7 heteroatoms. The number of nitrogens with two attached hydrogens (primary N) is 1. The lowest BCUT2D eigenvalue weighted by Crippen LogP contribution is -2.19. The summed E-state index contributed by atoms with van der Waals surface area (Å²) in [6, 6.07) is 17.3. The van der Waals surface area contributed by atoms with Gasteiger partial charge in [-0.25, -0.2) is 4.98 Å². The Morgan fingerprint density at radius 2 is 1.76 bits per heavy atom. The molecule has 0 bridgehead atoms. The molecule has 168 valence electrons. The van der Waals surface area contributed by atoms with E-state index < -0.39 is 5.91 Å². The minimum Gasteiger partial charge on any atom is -0.484 e. The highest BCUT2D eigenvalue weighted by Gasteiger charge is 2.23. The maximum Gasteiger partial charge on any atom is 0.255 e. The summed E-state index contributed by atoms with van der Waals surface area (Å²) in [5.41, 5.74) is 11.2. The zero-order valence-electron chi connectivity index (χ0n) is 19.2. The Morgan fingerprint density at radius 1 is 1.00 bits per heavy atom. The predicted molar refractivity (Wildman–Crippen MR) is 129 cm³/mol. The van der Waals surface area contributed by atoms with Crippen molar-refractivity contribution in [3.8, 4) is 39.7 Å². The van der Waals surface area contributed by atoms with Crippen molar-refractivity contribution in [3.05, 3.63) is 72.3 Å². The molecule has 0 aliphatic carbocycles. The molecule has 4 rings (SSSR count). The molecule has 0 spiro atoms. The quantitative estimate of drug-likeness (QED) is 0.452. The topological polar surface area (TPSA) is 107 Å². The zero-order chi connectivity index (χ0) is 23.6. The van der Waals surface area contributed by atoms with Crippen molar-refractivity contribution < 1.29 is 9.53 Å². The van der Waals surface area contributed by atoms with Crippen molar-refractivity contribution in [2.45, 2.75) is 33.1 Å². The molecular formula is C26H27N5O2. The molecule has 0 aliphatic rings. The van der Waals surface area contributed by atoms with Crippen LogP contribution in [-0.2, 0) is 10.2 Å². The molecule has 33 heavy (non-hydrogen) atoms. The predicted octanol–water partition coefficient (Wildman–Crippen LogP) is 4.67. The first-order chi connectivity index (χ1) is 15.7. The van der Waals surface area contributed by atoms with Crippen LogP contribution in [0.25, 0.3) is 33.9 Å². The van der Waals surface area contributed by atoms with Gasteiger partial charge in [-0.15, -0.1) is 0 Å². The van der Waals surface area contributed by atoms with Crippen LogP contribution in [0.4, 0.5) is 0 Å². The molecule has 1 aromatic carbocycles. The number of primary amides is 1. The number of rotatable bonds is 6. The molecular weight excluding hydrogens is 414 g/mol. The number of aryl methyl sites for hydroxylation is 1. The number of H-pyrrole nitrogens is 1. The number of aromatic nitrogens is 4. The van der Waals surface area contributed by atoms with E-state index in [-0.39, 0.29) is 12.0 Å². The van der Waals surface area contributed by atoms with E-state index in [1.54, 1.807) is 18.3 Å². The molecule has 0 saturated heterocycles. The SMILES string of the molecule is Cc1cccc(-c2[nH]c(C(C)(C)C)nc2-c2ccnc(-c3ccc(OCC(N)=O)cc3)c2)n1. The van der Waals surface area contributed by atoms with Gasteiger partial charge in [-0.2, -0.15) is 0 Å². The van der Waals surface area contributed by atoms with Crippen LogP contribution in [0.15, 0.2) is 60.8 Å². The molecule has 3 aromatic heterocycles. The first-order valence-corrected chi connectivity index (χ1v) is 10.7. The van der Waals surface area contributed by atoms with E-state index in [1.165, 1.54) is 0 Å². The number of imidazole rings is 1. The molecule has 3 heterocycles. The summed E-state index contributed by atoms with van der Waals surface area (Å²) in [6.07, 6.45) is 1.78. The number of aromatic amines is 1. The van der Waals surface area contributed by atoms with Crippen molar-refractivity contribution in [1.82, 2.24) is 19.9 Å². The van der Waals surface area contributed by atoms with Crippen LogP contribution in [0, 0.1) is 6.92 Å². The fourth-order valence-electron chi connectivity index (χ4n) is 3.42. The second-order valence-electron chi connectivity index (χ2n) is 8.93. The van der Waals surface area contributed by atoms with Gasteiger partial charge >= 0.3 is 0 Å². The second kappa shape index (κ2) is 8.86. The van der Waals surface area contributed by atoms with Crippen molar-refractivity contribution in [1.29, 1.82) is 0 Å². The highest BCUT2D eigenvalue weighted by atomic mass is 16.5. The van der Waals surface area contributed by atoms with E-state index in [4.69, 9.17) is 20.4 Å². The minimum absolute atomic E-state index is 0.145. The second-order valence-corrected chi connectivity index (χ2v) is 8.93. The van der Waals surface area contributed by atoms with Crippen LogP contribution in [-0.4, -0.2) is 32.4 Å². The molecule has 0 atom stereocenters. The van der Waals surface area contributed by atoms with Gasteiger partial charge in [0.05, 0.1) is 22.8 Å². The Labute approximate surface area is 193 Å². The van der Waals surface area contributed by atoms with Gasteiger partial charge < -0.3 is 15.5 Å². The van der Waals surface area contributed by atoms with Crippen LogP contribution >= 0.6 is 0 Å². The average Bonchev–Trinajstić information content (AvgIpc) is 3.24. The molecule has 0 saturated carbocycles. The number of nitrogens with one attached hydrogen (secondary N) is 1. The zero-order valence-corrected chi connectivity index (χ0v) is 19.2. The van der Waals surface area contributed by atoms with Gasteiger partial charge in [0.25, 0.3) is 5.91 Å². The third-order valence-electron chi connectivity index (χ3n) is 5.12. The third kappa shape index (κ3) is 5.09. The maximum atomic E-state index is 10.9. The number of carbonyl (C=O) groups excluding carboxylic acids is 1.